The first-order valence-corrected chi connectivity index (χ1v) is 10.2. The number of ether oxygens (including phenoxy) is 4. The van der Waals surface area contributed by atoms with Crippen LogP contribution in [0.2, 0.25) is 0 Å². The summed E-state index contributed by atoms with van der Waals surface area (Å²) < 4.78 is 21.2. The molecule has 1 amide bonds. The number of para-hydroxylation sites is 2. The molecule has 1 aromatic heterocycles. The summed E-state index contributed by atoms with van der Waals surface area (Å²) in [7, 11) is 2.81. The van der Waals surface area contributed by atoms with Crippen molar-refractivity contribution in [3.63, 3.8) is 0 Å². The van der Waals surface area contributed by atoms with Crippen LogP contribution in [-0.2, 0) is 14.3 Å². The van der Waals surface area contributed by atoms with E-state index >= 15 is 0 Å². The Morgan fingerprint density at radius 2 is 1.70 bits per heavy atom. The summed E-state index contributed by atoms with van der Waals surface area (Å²) in [6, 6.07) is 16.3. The minimum atomic E-state index is -0.750. The lowest BCUT2D eigenvalue weighted by molar-refractivity contribution is -0.136. The van der Waals surface area contributed by atoms with E-state index in [1.165, 1.54) is 13.2 Å². The van der Waals surface area contributed by atoms with E-state index in [2.05, 4.69) is 10.3 Å². The molecule has 0 unspecified atom stereocenters. The van der Waals surface area contributed by atoms with E-state index in [9.17, 15) is 9.59 Å². The number of carbonyl (C=O) groups is 2. The molecule has 0 fully saturated rings. The van der Waals surface area contributed by atoms with Crippen LogP contribution in [0, 0.1) is 0 Å². The number of benzene rings is 2. The molecular weight excluding hydrogens is 424 g/mol. The highest BCUT2D eigenvalue weighted by atomic mass is 16.6. The van der Waals surface area contributed by atoms with Crippen LogP contribution < -0.4 is 14.8 Å². The molecule has 1 N–H and O–H groups in total. The molecule has 0 spiro atoms. The largest absolute Gasteiger partial charge is 0.493 e. The van der Waals surface area contributed by atoms with Gasteiger partial charge in [-0.2, -0.15) is 0 Å². The molecule has 0 bridgehead atoms. The predicted octanol–water partition coefficient (Wildman–Crippen LogP) is 5.07. The van der Waals surface area contributed by atoms with Crippen LogP contribution in [-0.4, -0.2) is 36.9 Å². The number of fused-ring (bicyclic) bond motifs is 1. The Morgan fingerprint density at radius 3 is 2.36 bits per heavy atom. The molecule has 2 aromatic carbocycles. The number of nitrogens with zero attached hydrogens (tertiary/aromatic N) is 1. The minimum absolute atomic E-state index is 0.0461. The van der Waals surface area contributed by atoms with Gasteiger partial charge in [0.15, 0.2) is 11.5 Å². The number of alkyl carbamates (subject to hydrolysis) is 1. The van der Waals surface area contributed by atoms with Crippen molar-refractivity contribution in [2.24, 2.45) is 0 Å². The summed E-state index contributed by atoms with van der Waals surface area (Å²) in [5.74, 6) is 0.881. The number of hydrogen-bond donors (Lipinski definition) is 1. The van der Waals surface area contributed by atoms with Crippen molar-refractivity contribution >= 4 is 29.0 Å². The number of esters is 1. The average molecular weight is 450 g/mol. The average Bonchev–Trinajstić information content (AvgIpc) is 2.77. The van der Waals surface area contributed by atoms with Gasteiger partial charge in [0.05, 0.1) is 19.7 Å². The number of aromatic nitrogens is 1. The third-order valence-corrected chi connectivity index (χ3v) is 4.32. The number of carbonyl (C=O) groups excluding carboxylic acids is 2. The molecular formula is C25H26N2O6. The number of pyridine rings is 1. The number of nitrogens with one attached hydrogen (secondary N) is 1. The Hall–Kier alpha value is -4.07. The topological polar surface area (TPSA) is 96.0 Å². The van der Waals surface area contributed by atoms with Gasteiger partial charge < -0.3 is 18.9 Å². The third kappa shape index (κ3) is 6.46. The Bertz CT molecular complexity index is 1200. The van der Waals surface area contributed by atoms with Gasteiger partial charge in [-0.25, -0.2) is 14.6 Å². The molecule has 8 heteroatoms. The lowest BCUT2D eigenvalue weighted by Crippen LogP contribution is -2.34. The quantitative estimate of drug-likeness (QED) is 0.413. The summed E-state index contributed by atoms with van der Waals surface area (Å²) >= 11 is 0. The van der Waals surface area contributed by atoms with Gasteiger partial charge in [0.1, 0.15) is 11.3 Å². The first-order valence-electron chi connectivity index (χ1n) is 10.2. The number of hydrogen-bond acceptors (Lipinski definition) is 7. The zero-order chi connectivity index (χ0) is 24.0. The third-order valence-electron chi connectivity index (χ3n) is 4.32. The maximum atomic E-state index is 12.2. The van der Waals surface area contributed by atoms with Crippen molar-refractivity contribution in [1.82, 2.24) is 10.3 Å². The molecule has 0 radical (unpaired) electrons. The van der Waals surface area contributed by atoms with E-state index in [4.69, 9.17) is 18.9 Å². The van der Waals surface area contributed by atoms with Crippen molar-refractivity contribution in [3.8, 4) is 17.4 Å². The SMILES string of the molecule is COC(=O)/C(=C\c1ccc2nc(Oc3ccccc3OC)ccc2c1)NC(=O)OC(C)(C)C. The predicted molar refractivity (Wildman–Crippen MR) is 124 cm³/mol. The van der Waals surface area contributed by atoms with Crippen molar-refractivity contribution in [2.75, 3.05) is 14.2 Å². The molecule has 1 heterocycles. The standard InChI is InChI=1S/C25H26N2O6/c1-25(2,3)33-24(29)27-19(23(28)31-5)15-16-10-12-18-17(14-16)11-13-22(26-18)32-21-9-7-6-8-20(21)30-4/h6-15H,1-5H3,(H,27,29)/b19-15+. The van der Waals surface area contributed by atoms with Gasteiger partial charge in [0.25, 0.3) is 0 Å². The molecule has 8 nitrogen and oxygen atoms in total. The van der Waals surface area contributed by atoms with Gasteiger partial charge >= 0.3 is 12.1 Å². The second kappa shape index (κ2) is 10.0. The smallest absolute Gasteiger partial charge is 0.412 e. The van der Waals surface area contributed by atoms with E-state index < -0.39 is 17.7 Å². The number of rotatable bonds is 6. The van der Waals surface area contributed by atoms with Gasteiger partial charge in [-0.05, 0) is 62.7 Å². The molecule has 3 rings (SSSR count). The fourth-order valence-electron chi connectivity index (χ4n) is 2.92. The van der Waals surface area contributed by atoms with Crippen molar-refractivity contribution in [3.05, 3.63) is 65.9 Å². The Labute approximate surface area is 192 Å². The molecule has 0 saturated heterocycles. The van der Waals surface area contributed by atoms with Gasteiger partial charge in [0, 0.05) is 11.5 Å². The zero-order valence-electron chi connectivity index (χ0n) is 19.2. The summed E-state index contributed by atoms with van der Waals surface area (Å²) in [4.78, 5) is 28.8. The molecule has 0 saturated carbocycles. The van der Waals surface area contributed by atoms with Crippen LogP contribution in [0.5, 0.6) is 17.4 Å². The van der Waals surface area contributed by atoms with E-state index in [0.717, 1.165) is 5.39 Å². The van der Waals surface area contributed by atoms with E-state index in [1.54, 1.807) is 58.2 Å². The van der Waals surface area contributed by atoms with E-state index in [0.29, 0.717) is 28.5 Å². The van der Waals surface area contributed by atoms with E-state index in [1.807, 2.05) is 24.3 Å². The molecule has 3 aromatic rings. The lowest BCUT2D eigenvalue weighted by Gasteiger charge is -2.20. The monoisotopic (exact) mass is 450 g/mol. The molecule has 33 heavy (non-hydrogen) atoms. The molecule has 0 atom stereocenters. The Morgan fingerprint density at radius 1 is 0.970 bits per heavy atom. The second-order valence-electron chi connectivity index (χ2n) is 8.03. The van der Waals surface area contributed by atoms with Crippen LogP contribution in [0.25, 0.3) is 17.0 Å². The van der Waals surface area contributed by atoms with Crippen LogP contribution in [0.3, 0.4) is 0 Å². The minimum Gasteiger partial charge on any atom is -0.493 e. The van der Waals surface area contributed by atoms with E-state index in [-0.39, 0.29) is 5.70 Å². The van der Waals surface area contributed by atoms with Crippen molar-refractivity contribution in [2.45, 2.75) is 26.4 Å². The summed E-state index contributed by atoms with van der Waals surface area (Å²) in [5, 5.41) is 3.26. The lowest BCUT2D eigenvalue weighted by atomic mass is 10.1. The fourth-order valence-corrected chi connectivity index (χ4v) is 2.92. The highest BCUT2D eigenvalue weighted by molar-refractivity contribution is 5.97. The van der Waals surface area contributed by atoms with Crippen LogP contribution in [0.1, 0.15) is 26.3 Å². The van der Waals surface area contributed by atoms with Crippen LogP contribution in [0.15, 0.2) is 60.3 Å². The number of methoxy groups -OCH3 is 2. The molecule has 0 aliphatic heterocycles. The summed E-state index contributed by atoms with van der Waals surface area (Å²) in [5.41, 5.74) is 0.609. The van der Waals surface area contributed by atoms with Gasteiger partial charge in [0.2, 0.25) is 5.88 Å². The summed E-state index contributed by atoms with van der Waals surface area (Å²) in [6.07, 6.45) is 0.758. The molecule has 172 valence electrons. The van der Waals surface area contributed by atoms with Gasteiger partial charge in [-0.3, -0.25) is 5.32 Å². The maximum Gasteiger partial charge on any atom is 0.412 e. The molecule has 0 aliphatic carbocycles. The first-order chi connectivity index (χ1) is 15.7. The first kappa shape index (κ1) is 23.6. The second-order valence-corrected chi connectivity index (χ2v) is 8.03. The fraction of sp³-hybridized carbons (Fsp3) is 0.240. The van der Waals surface area contributed by atoms with Gasteiger partial charge in [-0.15, -0.1) is 0 Å². The highest BCUT2D eigenvalue weighted by Crippen LogP contribution is 2.31. The summed E-state index contributed by atoms with van der Waals surface area (Å²) in [6.45, 7) is 5.20. The Kier molecular flexibility index (Phi) is 7.17. The normalized spacial score (nSPS) is 11.6. The highest BCUT2D eigenvalue weighted by Gasteiger charge is 2.20. The van der Waals surface area contributed by atoms with Gasteiger partial charge in [-0.1, -0.05) is 18.2 Å². The Balaban J connectivity index is 1.85. The zero-order valence-corrected chi connectivity index (χ0v) is 19.2. The maximum absolute atomic E-state index is 12.2. The van der Waals surface area contributed by atoms with Crippen LogP contribution in [0.4, 0.5) is 4.79 Å². The van der Waals surface area contributed by atoms with Crippen molar-refractivity contribution < 1.29 is 28.5 Å². The van der Waals surface area contributed by atoms with Crippen LogP contribution >= 0.6 is 0 Å². The molecule has 0 aliphatic rings. The van der Waals surface area contributed by atoms with Crippen molar-refractivity contribution in [1.29, 1.82) is 0 Å². The number of amides is 1.